The Labute approximate surface area is 122 Å². The molecule has 2 atom stereocenters. The Morgan fingerprint density at radius 2 is 2.05 bits per heavy atom. The highest BCUT2D eigenvalue weighted by Crippen LogP contribution is 2.20. The van der Waals surface area contributed by atoms with E-state index < -0.39 is 0 Å². The molecule has 3 heteroatoms. The minimum Gasteiger partial charge on any atom is -0.381 e. The average Bonchev–Trinajstić information content (AvgIpc) is 2.96. The van der Waals surface area contributed by atoms with Crippen molar-refractivity contribution in [1.29, 1.82) is 0 Å². The lowest BCUT2D eigenvalue weighted by molar-refractivity contribution is 0.0251. The fourth-order valence-electron chi connectivity index (χ4n) is 2.41. The van der Waals surface area contributed by atoms with Gasteiger partial charge >= 0.3 is 0 Å². The Morgan fingerprint density at radius 1 is 1.25 bits per heavy atom. The molecule has 1 fully saturated rings. The third-order valence-corrected chi connectivity index (χ3v) is 3.61. The molecule has 2 rings (SSSR count). The molecule has 0 bridgehead atoms. The fraction of sp³-hybridized carbons (Fsp3) is 0.647. The third-order valence-electron chi connectivity index (χ3n) is 3.61. The zero-order valence-corrected chi connectivity index (χ0v) is 12.7. The molecular formula is C17H27NO2. The first-order chi connectivity index (χ1) is 9.75. The number of hydrogen-bond acceptors (Lipinski definition) is 3. The van der Waals surface area contributed by atoms with Crippen LogP contribution in [0.5, 0.6) is 0 Å². The van der Waals surface area contributed by atoms with Crippen molar-refractivity contribution in [2.75, 3.05) is 32.9 Å². The fourth-order valence-corrected chi connectivity index (χ4v) is 2.41. The van der Waals surface area contributed by atoms with E-state index in [0.717, 1.165) is 39.3 Å². The predicted molar refractivity (Wildman–Crippen MR) is 81.8 cm³/mol. The second-order valence-electron chi connectivity index (χ2n) is 6.01. The highest BCUT2D eigenvalue weighted by molar-refractivity contribution is 5.17. The van der Waals surface area contributed by atoms with Gasteiger partial charge < -0.3 is 14.8 Å². The second-order valence-corrected chi connectivity index (χ2v) is 6.01. The molecule has 1 aliphatic rings. The summed E-state index contributed by atoms with van der Waals surface area (Å²) in [6, 6.07) is 10.5. The molecule has 0 saturated carbocycles. The smallest absolute Gasteiger partial charge is 0.0949 e. The van der Waals surface area contributed by atoms with Gasteiger partial charge in [0, 0.05) is 19.1 Å². The second kappa shape index (κ2) is 8.40. The largest absolute Gasteiger partial charge is 0.381 e. The van der Waals surface area contributed by atoms with Crippen molar-refractivity contribution in [3.63, 3.8) is 0 Å². The SMILES string of the molecule is CC(C)CNCC(OCC1CCOC1)c1ccccc1. The van der Waals surface area contributed by atoms with Gasteiger partial charge in [-0.15, -0.1) is 0 Å². The highest BCUT2D eigenvalue weighted by atomic mass is 16.5. The lowest BCUT2D eigenvalue weighted by atomic mass is 10.1. The maximum atomic E-state index is 6.15. The van der Waals surface area contributed by atoms with E-state index in [4.69, 9.17) is 9.47 Å². The summed E-state index contributed by atoms with van der Waals surface area (Å²) in [4.78, 5) is 0. The maximum Gasteiger partial charge on any atom is 0.0949 e. The van der Waals surface area contributed by atoms with Crippen LogP contribution in [0.25, 0.3) is 0 Å². The minimum atomic E-state index is 0.135. The first-order valence-electron chi connectivity index (χ1n) is 7.70. The van der Waals surface area contributed by atoms with Crippen LogP contribution in [-0.4, -0.2) is 32.9 Å². The summed E-state index contributed by atoms with van der Waals surface area (Å²) in [7, 11) is 0. The van der Waals surface area contributed by atoms with Crippen molar-refractivity contribution < 1.29 is 9.47 Å². The number of ether oxygens (including phenoxy) is 2. The van der Waals surface area contributed by atoms with Gasteiger partial charge in [-0.3, -0.25) is 0 Å². The highest BCUT2D eigenvalue weighted by Gasteiger charge is 2.19. The van der Waals surface area contributed by atoms with Crippen molar-refractivity contribution in [1.82, 2.24) is 5.32 Å². The van der Waals surface area contributed by atoms with Gasteiger partial charge in [0.05, 0.1) is 19.3 Å². The number of hydrogen-bond donors (Lipinski definition) is 1. The van der Waals surface area contributed by atoms with Crippen LogP contribution in [0.2, 0.25) is 0 Å². The summed E-state index contributed by atoms with van der Waals surface area (Å²) in [6.07, 6.45) is 1.26. The molecule has 112 valence electrons. The van der Waals surface area contributed by atoms with Crippen LogP contribution in [0.4, 0.5) is 0 Å². The molecule has 0 spiro atoms. The van der Waals surface area contributed by atoms with Crippen molar-refractivity contribution in [2.24, 2.45) is 11.8 Å². The summed E-state index contributed by atoms with van der Waals surface area (Å²) >= 11 is 0. The molecule has 0 aliphatic carbocycles. The van der Waals surface area contributed by atoms with E-state index in [1.807, 2.05) is 6.07 Å². The van der Waals surface area contributed by atoms with Gasteiger partial charge in [-0.25, -0.2) is 0 Å². The molecule has 0 aromatic heterocycles. The molecule has 3 nitrogen and oxygen atoms in total. The number of benzene rings is 1. The van der Waals surface area contributed by atoms with E-state index in [-0.39, 0.29) is 6.10 Å². The van der Waals surface area contributed by atoms with Crippen LogP contribution < -0.4 is 5.32 Å². The van der Waals surface area contributed by atoms with Crippen LogP contribution in [0.15, 0.2) is 30.3 Å². The third kappa shape index (κ3) is 5.23. The van der Waals surface area contributed by atoms with Crippen molar-refractivity contribution in [3.8, 4) is 0 Å². The van der Waals surface area contributed by atoms with Gasteiger partial charge in [0.25, 0.3) is 0 Å². The normalized spacial score (nSPS) is 20.4. The van der Waals surface area contributed by atoms with Crippen molar-refractivity contribution in [2.45, 2.75) is 26.4 Å². The van der Waals surface area contributed by atoms with Crippen molar-refractivity contribution in [3.05, 3.63) is 35.9 Å². The molecule has 1 N–H and O–H groups in total. The molecule has 1 heterocycles. The molecule has 20 heavy (non-hydrogen) atoms. The summed E-state index contributed by atoms with van der Waals surface area (Å²) in [5.41, 5.74) is 1.25. The molecule has 1 aliphatic heterocycles. The zero-order valence-electron chi connectivity index (χ0n) is 12.7. The van der Waals surface area contributed by atoms with Gasteiger partial charge in [0.2, 0.25) is 0 Å². The molecule has 1 aromatic rings. The van der Waals surface area contributed by atoms with Gasteiger partial charge in [-0.2, -0.15) is 0 Å². The van der Waals surface area contributed by atoms with Crippen LogP contribution in [0.3, 0.4) is 0 Å². The van der Waals surface area contributed by atoms with E-state index in [0.29, 0.717) is 11.8 Å². The van der Waals surface area contributed by atoms with E-state index in [2.05, 4.69) is 43.4 Å². The minimum absolute atomic E-state index is 0.135. The van der Waals surface area contributed by atoms with Crippen LogP contribution >= 0.6 is 0 Å². The lowest BCUT2D eigenvalue weighted by Gasteiger charge is -2.21. The molecule has 0 radical (unpaired) electrons. The Balaban J connectivity index is 1.85. The first kappa shape index (κ1) is 15.5. The molecular weight excluding hydrogens is 250 g/mol. The van der Waals surface area contributed by atoms with Crippen LogP contribution in [0.1, 0.15) is 31.9 Å². The topological polar surface area (TPSA) is 30.5 Å². The van der Waals surface area contributed by atoms with E-state index in [9.17, 15) is 0 Å². The molecule has 2 unspecified atom stereocenters. The first-order valence-corrected chi connectivity index (χ1v) is 7.70. The summed E-state index contributed by atoms with van der Waals surface area (Å²) in [6.45, 7) is 8.87. The standard InChI is InChI=1S/C17H27NO2/c1-14(2)10-18-11-17(16-6-4-3-5-7-16)20-13-15-8-9-19-12-15/h3-7,14-15,17-18H,8-13H2,1-2H3. The molecule has 1 aromatic carbocycles. The van der Waals surface area contributed by atoms with Gasteiger partial charge in [0.15, 0.2) is 0 Å². The van der Waals surface area contributed by atoms with Crippen LogP contribution in [-0.2, 0) is 9.47 Å². The summed E-state index contributed by atoms with van der Waals surface area (Å²) in [5.74, 6) is 1.22. The average molecular weight is 277 g/mol. The van der Waals surface area contributed by atoms with Gasteiger partial charge in [-0.05, 0) is 24.4 Å². The zero-order chi connectivity index (χ0) is 14.2. The van der Waals surface area contributed by atoms with Crippen LogP contribution in [0, 0.1) is 11.8 Å². The van der Waals surface area contributed by atoms with E-state index >= 15 is 0 Å². The van der Waals surface area contributed by atoms with E-state index in [1.54, 1.807) is 0 Å². The lowest BCUT2D eigenvalue weighted by Crippen LogP contribution is -2.28. The van der Waals surface area contributed by atoms with Gasteiger partial charge in [-0.1, -0.05) is 44.2 Å². The Kier molecular flexibility index (Phi) is 6.51. The quantitative estimate of drug-likeness (QED) is 0.792. The Hall–Kier alpha value is -0.900. The summed E-state index contributed by atoms with van der Waals surface area (Å²) in [5, 5.41) is 3.50. The number of rotatable bonds is 8. The molecule has 1 saturated heterocycles. The predicted octanol–water partition coefficient (Wildman–Crippen LogP) is 3.03. The molecule has 0 amide bonds. The van der Waals surface area contributed by atoms with Gasteiger partial charge in [0.1, 0.15) is 0 Å². The maximum absolute atomic E-state index is 6.15. The van der Waals surface area contributed by atoms with Crippen molar-refractivity contribution >= 4 is 0 Å². The van der Waals surface area contributed by atoms with E-state index in [1.165, 1.54) is 5.56 Å². The Morgan fingerprint density at radius 3 is 2.70 bits per heavy atom. The number of nitrogens with one attached hydrogen (secondary N) is 1. The Bertz CT molecular complexity index is 361. The summed E-state index contributed by atoms with van der Waals surface area (Å²) < 4.78 is 11.6. The monoisotopic (exact) mass is 277 g/mol.